The number of allylic oxidation sites excluding steroid dienone is 4. The van der Waals surface area contributed by atoms with E-state index in [4.69, 9.17) is 0 Å². The molecule has 0 heterocycles. The van der Waals surface area contributed by atoms with Gasteiger partial charge in [0.1, 0.15) is 11.3 Å². The molecule has 2 saturated carbocycles. The minimum absolute atomic E-state index is 0.0297. The lowest BCUT2D eigenvalue weighted by Gasteiger charge is -2.41. The average molecular weight is 431 g/mol. The lowest BCUT2D eigenvalue weighted by molar-refractivity contribution is -0.145. The van der Waals surface area contributed by atoms with Crippen LogP contribution in [0, 0.1) is 34.0 Å². The summed E-state index contributed by atoms with van der Waals surface area (Å²) in [4.78, 5) is 41.1. The minimum atomic E-state index is -1.35. The number of hydrogen-bond donors (Lipinski definition) is 2. The molecule has 2 N–H and O–H groups in total. The Bertz CT molecular complexity index is 893. The number of Topliss-reactive ketones (excluding diaryl/α,β-unsaturated/α-hetero) is 3. The van der Waals surface area contributed by atoms with Crippen LogP contribution in [0.25, 0.3) is 0 Å². The van der Waals surface area contributed by atoms with Crippen molar-refractivity contribution in [2.24, 2.45) is 34.0 Å². The summed E-state index contributed by atoms with van der Waals surface area (Å²) in [6.07, 6.45) is 2.90. The van der Waals surface area contributed by atoms with Gasteiger partial charge in [-0.1, -0.05) is 39.3 Å². The van der Waals surface area contributed by atoms with Crippen LogP contribution in [0.4, 0.5) is 0 Å². The third-order valence-electron chi connectivity index (χ3n) is 8.22. The van der Waals surface area contributed by atoms with Gasteiger partial charge in [-0.2, -0.15) is 0 Å². The SMILES string of the molecule is CC(C)=CCC12CC3C(CC(C(C)(C)O)C3(C)C)(C(=O)C(C(=O)CC(C)C)=C1O)C2=O. The molecule has 5 heteroatoms. The lowest BCUT2D eigenvalue weighted by atomic mass is 9.62. The molecular formula is C26H38O5. The molecule has 5 nitrogen and oxygen atoms in total. The van der Waals surface area contributed by atoms with Crippen LogP contribution in [0.2, 0.25) is 0 Å². The smallest absolute Gasteiger partial charge is 0.183 e. The van der Waals surface area contributed by atoms with Crippen LogP contribution in [0.15, 0.2) is 23.0 Å². The molecule has 0 radical (unpaired) electrons. The van der Waals surface area contributed by atoms with Crippen molar-refractivity contribution in [2.75, 3.05) is 0 Å². The van der Waals surface area contributed by atoms with Gasteiger partial charge in [0, 0.05) is 6.42 Å². The zero-order valence-corrected chi connectivity index (χ0v) is 20.3. The minimum Gasteiger partial charge on any atom is -0.510 e. The average Bonchev–Trinajstić information content (AvgIpc) is 2.97. The first kappa shape index (κ1) is 23.9. The maximum atomic E-state index is 14.1. The molecule has 4 unspecified atom stereocenters. The van der Waals surface area contributed by atoms with Crippen LogP contribution in [-0.4, -0.2) is 33.2 Å². The molecule has 2 fully saturated rings. The maximum absolute atomic E-state index is 14.1. The van der Waals surface area contributed by atoms with Crippen molar-refractivity contribution in [2.45, 2.75) is 86.7 Å². The third-order valence-corrected chi connectivity index (χ3v) is 8.22. The van der Waals surface area contributed by atoms with Crippen molar-refractivity contribution >= 4 is 17.3 Å². The fourth-order valence-electron chi connectivity index (χ4n) is 6.83. The van der Waals surface area contributed by atoms with Crippen LogP contribution in [-0.2, 0) is 14.4 Å². The standard InChI is InChI=1S/C26H38O5/c1-14(2)9-10-25-12-18-23(5,6)17(24(7,8)31)13-26(18,22(25)30)21(29)19(20(25)28)16(27)11-15(3)4/h9,15,17-18,28,31H,10-13H2,1-8H3. The van der Waals surface area contributed by atoms with Gasteiger partial charge in [0.15, 0.2) is 17.3 Å². The van der Waals surface area contributed by atoms with Gasteiger partial charge in [0.2, 0.25) is 0 Å². The van der Waals surface area contributed by atoms with E-state index >= 15 is 0 Å². The summed E-state index contributed by atoms with van der Waals surface area (Å²) < 4.78 is 0. The van der Waals surface area contributed by atoms with E-state index in [0.717, 1.165) is 5.57 Å². The van der Waals surface area contributed by atoms with Crippen LogP contribution in [0.1, 0.15) is 81.1 Å². The van der Waals surface area contributed by atoms with E-state index in [9.17, 15) is 24.6 Å². The second-order valence-corrected chi connectivity index (χ2v) is 11.9. The molecule has 0 aromatic heterocycles. The first-order valence-corrected chi connectivity index (χ1v) is 11.5. The molecular weight excluding hydrogens is 392 g/mol. The molecule has 4 atom stereocenters. The Morgan fingerprint density at radius 3 is 2.26 bits per heavy atom. The second-order valence-electron chi connectivity index (χ2n) is 11.9. The largest absolute Gasteiger partial charge is 0.510 e. The van der Waals surface area contributed by atoms with Crippen molar-refractivity contribution in [1.29, 1.82) is 0 Å². The predicted octanol–water partition coefficient (Wildman–Crippen LogP) is 4.73. The van der Waals surface area contributed by atoms with E-state index < -0.39 is 27.6 Å². The van der Waals surface area contributed by atoms with Crippen molar-refractivity contribution in [3.8, 4) is 0 Å². The molecule has 0 aliphatic heterocycles. The van der Waals surface area contributed by atoms with Gasteiger partial charge in [0.05, 0.1) is 16.4 Å². The van der Waals surface area contributed by atoms with E-state index in [2.05, 4.69) is 0 Å². The Balaban J connectivity index is 2.27. The maximum Gasteiger partial charge on any atom is 0.183 e. The number of fused-ring (bicyclic) bond motifs is 1. The van der Waals surface area contributed by atoms with Crippen LogP contribution in [0.5, 0.6) is 0 Å². The normalized spacial score (nSPS) is 34.4. The highest BCUT2D eigenvalue weighted by molar-refractivity contribution is 6.32. The fourth-order valence-corrected chi connectivity index (χ4v) is 6.83. The molecule has 0 amide bonds. The van der Waals surface area contributed by atoms with Crippen LogP contribution >= 0.6 is 0 Å². The summed E-state index contributed by atoms with van der Waals surface area (Å²) in [5, 5.41) is 22.2. The van der Waals surface area contributed by atoms with Crippen LogP contribution in [0.3, 0.4) is 0 Å². The lowest BCUT2D eigenvalue weighted by Crippen LogP contribution is -2.50. The van der Waals surface area contributed by atoms with E-state index in [1.165, 1.54) is 0 Å². The molecule has 2 bridgehead atoms. The Hall–Kier alpha value is -1.75. The summed E-state index contributed by atoms with van der Waals surface area (Å²) in [5.74, 6) is -2.06. The molecule has 1 spiro atoms. The Morgan fingerprint density at radius 2 is 1.77 bits per heavy atom. The summed E-state index contributed by atoms with van der Waals surface area (Å²) in [6.45, 7) is 15.1. The molecule has 3 aliphatic carbocycles. The van der Waals surface area contributed by atoms with Gasteiger partial charge in [-0.25, -0.2) is 0 Å². The molecule has 31 heavy (non-hydrogen) atoms. The summed E-state index contributed by atoms with van der Waals surface area (Å²) in [6, 6.07) is 0. The van der Waals surface area contributed by atoms with Crippen molar-refractivity contribution in [1.82, 2.24) is 0 Å². The number of aliphatic hydroxyl groups is 2. The zero-order valence-electron chi connectivity index (χ0n) is 20.3. The Morgan fingerprint density at radius 1 is 1.19 bits per heavy atom. The topological polar surface area (TPSA) is 91.7 Å². The number of carbonyl (C=O) groups is 3. The zero-order chi connectivity index (χ0) is 23.7. The molecule has 0 aromatic carbocycles. The van der Waals surface area contributed by atoms with Gasteiger partial charge in [-0.15, -0.1) is 0 Å². The number of hydrogen-bond acceptors (Lipinski definition) is 5. The van der Waals surface area contributed by atoms with Crippen molar-refractivity contribution in [3.63, 3.8) is 0 Å². The quantitative estimate of drug-likeness (QED) is 0.361. The first-order valence-electron chi connectivity index (χ1n) is 11.5. The predicted molar refractivity (Wildman–Crippen MR) is 119 cm³/mol. The monoisotopic (exact) mass is 430 g/mol. The number of rotatable bonds is 6. The summed E-state index contributed by atoms with van der Waals surface area (Å²) in [7, 11) is 0. The Kier molecular flexibility index (Phi) is 5.50. The fraction of sp³-hybridized carbons (Fsp3) is 0.731. The molecule has 172 valence electrons. The van der Waals surface area contributed by atoms with Crippen molar-refractivity contribution in [3.05, 3.63) is 23.0 Å². The van der Waals surface area contributed by atoms with Crippen molar-refractivity contribution < 1.29 is 24.6 Å². The van der Waals surface area contributed by atoms with Gasteiger partial charge in [0.25, 0.3) is 0 Å². The van der Waals surface area contributed by atoms with Gasteiger partial charge < -0.3 is 10.2 Å². The van der Waals surface area contributed by atoms with E-state index in [0.29, 0.717) is 6.42 Å². The van der Waals surface area contributed by atoms with Gasteiger partial charge in [-0.05, 0) is 70.1 Å². The molecule has 0 saturated heterocycles. The molecule has 3 aliphatic rings. The first-order chi connectivity index (χ1) is 14.0. The number of ketones is 3. The number of carbonyl (C=O) groups excluding carboxylic acids is 3. The van der Waals surface area contributed by atoms with E-state index in [-0.39, 0.29) is 59.9 Å². The third kappa shape index (κ3) is 3.18. The highest BCUT2D eigenvalue weighted by Gasteiger charge is 2.78. The summed E-state index contributed by atoms with van der Waals surface area (Å²) in [5.41, 5.74) is -3.31. The highest BCUT2D eigenvalue weighted by Crippen LogP contribution is 2.73. The van der Waals surface area contributed by atoms with Gasteiger partial charge in [-0.3, -0.25) is 14.4 Å². The number of aliphatic hydroxyl groups excluding tert-OH is 1. The highest BCUT2D eigenvalue weighted by atomic mass is 16.3. The van der Waals surface area contributed by atoms with Crippen LogP contribution < -0.4 is 0 Å². The molecule has 0 aromatic rings. The molecule has 3 rings (SSSR count). The summed E-state index contributed by atoms with van der Waals surface area (Å²) >= 11 is 0. The van der Waals surface area contributed by atoms with E-state index in [1.54, 1.807) is 13.8 Å². The Labute approximate surface area is 186 Å². The van der Waals surface area contributed by atoms with Gasteiger partial charge >= 0.3 is 0 Å². The van der Waals surface area contributed by atoms with E-state index in [1.807, 2.05) is 47.6 Å². The second kappa shape index (κ2) is 7.13.